The van der Waals surface area contributed by atoms with Crippen LogP contribution in [0.3, 0.4) is 0 Å². The highest BCUT2D eigenvalue weighted by Crippen LogP contribution is 2.20. The second-order valence-electron chi connectivity index (χ2n) is 4.20. The summed E-state index contributed by atoms with van der Waals surface area (Å²) in [5, 5.41) is 2.51. The lowest BCUT2D eigenvalue weighted by molar-refractivity contribution is -0.114. The maximum atomic E-state index is 12.3. The van der Waals surface area contributed by atoms with Gasteiger partial charge in [0.2, 0.25) is 15.9 Å². The molecule has 106 valence electrons. The Kier molecular flexibility index (Phi) is 4.21. The maximum Gasteiger partial charge on any atom is 0.242 e. The van der Waals surface area contributed by atoms with E-state index in [1.165, 1.54) is 13.0 Å². The fraction of sp³-hybridized carbons (Fsp3) is 0.154. The molecule has 0 fully saturated rings. The number of nitrogens with one attached hydrogen (secondary N) is 3. The number of benzene rings is 1. The molecule has 3 N–H and O–H groups in total. The van der Waals surface area contributed by atoms with Gasteiger partial charge in [0.1, 0.15) is 4.90 Å². The van der Waals surface area contributed by atoms with Gasteiger partial charge in [0.15, 0.2) is 0 Å². The van der Waals surface area contributed by atoms with Gasteiger partial charge in [-0.2, -0.15) is 0 Å². The van der Waals surface area contributed by atoms with Crippen molar-refractivity contribution < 1.29 is 13.2 Å². The van der Waals surface area contributed by atoms with Crippen LogP contribution in [-0.2, 0) is 21.4 Å². The Bertz CT molecular complexity index is 693. The summed E-state index contributed by atoms with van der Waals surface area (Å²) in [6, 6.07) is 9.83. The summed E-state index contributed by atoms with van der Waals surface area (Å²) >= 11 is 0. The summed E-state index contributed by atoms with van der Waals surface area (Å²) in [7, 11) is -3.70. The Morgan fingerprint density at radius 1 is 1.20 bits per heavy atom. The van der Waals surface area contributed by atoms with Crippen LogP contribution < -0.4 is 10.0 Å². The minimum Gasteiger partial charge on any atom is -0.364 e. The molecule has 0 unspecified atom stereocenters. The zero-order valence-electron chi connectivity index (χ0n) is 10.9. The average molecular weight is 293 g/mol. The SMILES string of the molecule is CC(=O)Nc1ccccc1S(=O)(=O)NCc1ccc[nH]1. The van der Waals surface area contributed by atoms with Crippen molar-refractivity contribution in [3.63, 3.8) is 0 Å². The number of carbonyl (C=O) groups is 1. The maximum absolute atomic E-state index is 12.3. The number of rotatable bonds is 5. The van der Waals surface area contributed by atoms with E-state index in [4.69, 9.17) is 0 Å². The third-order valence-corrected chi connectivity index (χ3v) is 4.06. The molecule has 1 heterocycles. The lowest BCUT2D eigenvalue weighted by Gasteiger charge is -2.11. The molecule has 2 aromatic rings. The first-order valence-electron chi connectivity index (χ1n) is 5.97. The molecule has 20 heavy (non-hydrogen) atoms. The molecule has 7 heteroatoms. The van der Waals surface area contributed by atoms with Crippen LogP contribution in [0.5, 0.6) is 0 Å². The fourth-order valence-corrected chi connectivity index (χ4v) is 2.89. The second kappa shape index (κ2) is 5.89. The van der Waals surface area contributed by atoms with Crippen LogP contribution in [0.1, 0.15) is 12.6 Å². The van der Waals surface area contributed by atoms with Crippen molar-refractivity contribution in [3.05, 3.63) is 48.3 Å². The topological polar surface area (TPSA) is 91.1 Å². The molecule has 0 aliphatic rings. The van der Waals surface area contributed by atoms with Gasteiger partial charge >= 0.3 is 0 Å². The Labute approximate surface area is 117 Å². The van der Waals surface area contributed by atoms with Gasteiger partial charge in [-0.05, 0) is 24.3 Å². The van der Waals surface area contributed by atoms with E-state index in [1.807, 2.05) is 0 Å². The number of H-pyrrole nitrogens is 1. The van der Waals surface area contributed by atoms with E-state index in [9.17, 15) is 13.2 Å². The van der Waals surface area contributed by atoms with Gasteiger partial charge < -0.3 is 10.3 Å². The summed E-state index contributed by atoms with van der Waals surface area (Å²) in [6.45, 7) is 1.49. The largest absolute Gasteiger partial charge is 0.364 e. The van der Waals surface area contributed by atoms with Crippen LogP contribution in [0.4, 0.5) is 5.69 Å². The van der Waals surface area contributed by atoms with Gasteiger partial charge in [0, 0.05) is 18.8 Å². The third-order valence-electron chi connectivity index (χ3n) is 2.60. The molecular formula is C13H15N3O3S. The van der Waals surface area contributed by atoms with E-state index >= 15 is 0 Å². The van der Waals surface area contributed by atoms with Crippen molar-refractivity contribution >= 4 is 21.6 Å². The zero-order valence-corrected chi connectivity index (χ0v) is 11.7. The molecule has 1 aromatic carbocycles. The van der Waals surface area contributed by atoms with E-state index in [-0.39, 0.29) is 23.0 Å². The van der Waals surface area contributed by atoms with Gasteiger partial charge in [0.25, 0.3) is 0 Å². The molecule has 1 amide bonds. The summed E-state index contributed by atoms with van der Waals surface area (Å²) in [6.07, 6.45) is 1.72. The van der Waals surface area contributed by atoms with Crippen molar-refractivity contribution in [3.8, 4) is 0 Å². The number of hydrogen-bond acceptors (Lipinski definition) is 3. The molecule has 0 saturated heterocycles. The van der Waals surface area contributed by atoms with Gasteiger partial charge in [-0.3, -0.25) is 4.79 Å². The van der Waals surface area contributed by atoms with Crippen LogP contribution in [0.25, 0.3) is 0 Å². The highest BCUT2D eigenvalue weighted by atomic mass is 32.2. The van der Waals surface area contributed by atoms with Crippen molar-refractivity contribution in [2.75, 3.05) is 5.32 Å². The highest BCUT2D eigenvalue weighted by Gasteiger charge is 2.18. The molecular weight excluding hydrogens is 278 g/mol. The van der Waals surface area contributed by atoms with Gasteiger partial charge in [-0.25, -0.2) is 13.1 Å². The number of carbonyl (C=O) groups excluding carboxylic acids is 1. The van der Waals surface area contributed by atoms with Crippen LogP contribution in [0.2, 0.25) is 0 Å². The molecule has 0 spiro atoms. The Balaban J connectivity index is 2.22. The first-order valence-corrected chi connectivity index (χ1v) is 7.46. The van der Waals surface area contributed by atoms with Crippen LogP contribution in [0.15, 0.2) is 47.5 Å². The molecule has 2 rings (SSSR count). The van der Waals surface area contributed by atoms with Gasteiger partial charge in [-0.1, -0.05) is 12.1 Å². The molecule has 0 bridgehead atoms. The number of anilines is 1. The smallest absolute Gasteiger partial charge is 0.242 e. The molecule has 0 aliphatic carbocycles. The number of aromatic nitrogens is 1. The lowest BCUT2D eigenvalue weighted by Crippen LogP contribution is -2.24. The normalized spacial score (nSPS) is 11.2. The quantitative estimate of drug-likeness (QED) is 0.779. The molecule has 6 nitrogen and oxygen atoms in total. The van der Waals surface area contributed by atoms with Gasteiger partial charge in [-0.15, -0.1) is 0 Å². The fourth-order valence-electron chi connectivity index (χ4n) is 1.72. The number of hydrogen-bond donors (Lipinski definition) is 3. The van der Waals surface area contributed by atoms with Crippen molar-refractivity contribution in [2.24, 2.45) is 0 Å². The minimum absolute atomic E-state index is 0.0433. The second-order valence-corrected chi connectivity index (χ2v) is 5.93. The standard InChI is InChI=1S/C13H15N3O3S/c1-10(17)16-12-6-2-3-7-13(12)20(18,19)15-9-11-5-4-8-14-11/h2-8,14-15H,9H2,1H3,(H,16,17). The molecule has 0 radical (unpaired) electrons. The Morgan fingerprint density at radius 2 is 1.95 bits per heavy atom. The van der Waals surface area contributed by atoms with E-state index in [0.29, 0.717) is 0 Å². The summed E-state index contributed by atoms with van der Waals surface area (Å²) in [5.74, 6) is -0.322. The molecule has 1 aromatic heterocycles. The first kappa shape index (κ1) is 14.3. The summed E-state index contributed by atoms with van der Waals surface area (Å²) < 4.78 is 27.0. The van der Waals surface area contributed by atoms with E-state index in [2.05, 4.69) is 15.0 Å². The third kappa shape index (κ3) is 3.46. The van der Waals surface area contributed by atoms with Crippen LogP contribution >= 0.6 is 0 Å². The van der Waals surface area contributed by atoms with Gasteiger partial charge in [0.05, 0.1) is 12.2 Å². The summed E-state index contributed by atoms with van der Waals surface area (Å²) in [5.41, 5.74) is 1.02. The molecule has 0 saturated carbocycles. The molecule has 0 atom stereocenters. The number of amides is 1. The molecule has 0 aliphatic heterocycles. The average Bonchev–Trinajstić information content (AvgIpc) is 2.89. The van der Waals surface area contributed by atoms with Crippen molar-refractivity contribution in [1.82, 2.24) is 9.71 Å². The first-order chi connectivity index (χ1) is 9.49. The van der Waals surface area contributed by atoms with Crippen molar-refractivity contribution in [1.29, 1.82) is 0 Å². The lowest BCUT2D eigenvalue weighted by atomic mass is 10.3. The van der Waals surface area contributed by atoms with E-state index in [1.54, 1.807) is 36.5 Å². The monoisotopic (exact) mass is 293 g/mol. The number of para-hydroxylation sites is 1. The van der Waals surface area contributed by atoms with Crippen LogP contribution in [0, 0.1) is 0 Å². The Hall–Kier alpha value is -2.12. The predicted octanol–water partition coefficient (Wildman–Crippen LogP) is 1.45. The van der Waals surface area contributed by atoms with Crippen LogP contribution in [-0.4, -0.2) is 19.3 Å². The zero-order chi connectivity index (χ0) is 14.6. The minimum atomic E-state index is -3.70. The number of sulfonamides is 1. The van der Waals surface area contributed by atoms with E-state index < -0.39 is 10.0 Å². The predicted molar refractivity (Wildman–Crippen MR) is 75.6 cm³/mol. The van der Waals surface area contributed by atoms with Crippen molar-refractivity contribution in [2.45, 2.75) is 18.4 Å². The highest BCUT2D eigenvalue weighted by molar-refractivity contribution is 7.89. The summed E-state index contributed by atoms with van der Waals surface area (Å²) in [4.78, 5) is 14.1. The number of aromatic amines is 1. The Morgan fingerprint density at radius 3 is 2.60 bits per heavy atom. The van der Waals surface area contributed by atoms with E-state index in [0.717, 1.165) is 5.69 Å².